The Labute approximate surface area is 170 Å². The van der Waals surface area contributed by atoms with Crippen LogP contribution >= 0.6 is 0 Å². The van der Waals surface area contributed by atoms with E-state index in [1.807, 2.05) is 6.07 Å². The van der Waals surface area contributed by atoms with Crippen molar-refractivity contribution < 1.29 is 14.3 Å². The number of nitrogens with zero attached hydrogens (tertiary/aromatic N) is 1. The molecule has 0 saturated heterocycles. The van der Waals surface area contributed by atoms with Gasteiger partial charge in [0.2, 0.25) is 0 Å². The van der Waals surface area contributed by atoms with Crippen molar-refractivity contribution in [1.29, 1.82) is 5.41 Å². The van der Waals surface area contributed by atoms with E-state index in [2.05, 4.69) is 45.6 Å². The van der Waals surface area contributed by atoms with Crippen LogP contribution in [0.5, 0.6) is 5.75 Å². The second kappa shape index (κ2) is 11.3. The summed E-state index contributed by atoms with van der Waals surface area (Å²) in [5, 5.41) is 7.93. The number of rotatable bonds is 12. The van der Waals surface area contributed by atoms with Crippen LogP contribution in [0, 0.1) is 5.41 Å². The second-order valence-corrected chi connectivity index (χ2v) is 8.42. The highest BCUT2D eigenvalue weighted by molar-refractivity contribution is 5.82. The molecule has 0 aliphatic heterocycles. The van der Waals surface area contributed by atoms with Crippen LogP contribution in [0.1, 0.15) is 78.0 Å². The van der Waals surface area contributed by atoms with Crippen molar-refractivity contribution in [2.45, 2.75) is 79.6 Å². The van der Waals surface area contributed by atoms with E-state index in [0.29, 0.717) is 5.75 Å². The molecule has 0 amide bonds. The molecule has 1 unspecified atom stereocenters. The molecule has 1 aromatic rings. The highest BCUT2D eigenvalue weighted by Gasteiger charge is 2.21. The molecule has 0 heterocycles. The lowest BCUT2D eigenvalue weighted by molar-refractivity contribution is -0.130. The van der Waals surface area contributed by atoms with E-state index in [1.165, 1.54) is 18.7 Å². The third-order valence-corrected chi connectivity index (χ3v) is 4.49. The Hall–Kier alpha value is -1.72. The molecule has 0 radical (unpaired) electrons. The molecule has 1 aromatic carbocycles. The van der Waals surface area contributed by atoms with Crippen molar-refractivity contribution in [3.05, 3.63) is 28.8 Å². The number of ether oxygens (including phenoxy) is 2. The standard InChI is InChI=1S/C23H38N2O3/c1-8-10-25(11-9-2)15-20-13-21(23(5,6)7)12-19(14-24)22(20)28-18(4)27-16-17(3)26/h12-14,18,24H,8-11,15-16H2,1-7H3. The molecule has 158 valence electrons. The van der Waals surface area contributed by atoms with Gasteiger partial charge in [-0.25, -0.2) is 0 Å². The molecule has 0 fully saturated rings. The molecule has 0 spiro atoms. The van der Waals surface area contributed by atoms with E-state index in [4.69, 9.17) is 14.9 Å². The summed E-state index contributed by atoms with van der Waals surface area (Å²) in [4.78, 5) is 13.6. The smallest absolute Gasteiger partial charge is 0.197 e. The number of hydrogen-bond donors (Lipinski definition) is 1. The maximum absolute atomic E-state index is 11.2. The van der Waals surface area contributed by atoms with Gasteiger partial charge in [0.25, 0.3) is 0 Å². The first kappa shape index (κ1) is 24.3. The SMILES string of the molecule is CCCN(CCC)Cc1cc(C(C)(C)C)cc(C=N)c1OC(C)OCC(C)=O. The third kappa shape index (κ3) is 7.72. The van der Waals surface area contributed by atoms with Crippen LogP contribution in [0.25, 0.3) is 0 Å². The van der Waals surface area contributed by atoms with Crippen molar-refractivity contribution in [3.8, 4) is 5.75 Å². The van der Waals surface area contributed by atoms with E-state index >= 15 is 0 Å². The average molecular weight is 391 g/mol. The first-order valence-electron chi connectivity index (χ1n) is 10.3. The minimum atomic E-state index is -0.562. The molecular formula is C23H38N2O3. The molecule has 5 nitrogen and oxygen atoms in total. The molecule has 1 atom stereocenters. The van der Waals surface area contributed by atoms with Gasteiger partial charge in [-0.15, -0.1) is 0 Å². The van der Waals surface area contributed by atoms with E-state index in [9.17, 15) is 4.79 Å². The summed E-state index contributed by atoms with van der Waals surface area (Å²) in [5.74, 6) is 0.638. The minimum Gasteiger partial charge on any atom is -0.464 e. The van der Waals surface area contributed by atoms with Crippen molar-refractivity contribution in [2.75, 3.05) is 19.7 Å². The zero-order valence-electron chi connectivity index (χ0n) is 18.7. The van der Waals surface area contributed by atoms with E-state index < -0.39 is 6.29 Å². The van der Waals surface area contributed by atoms with E-state index in [-0.39, 0.29) is 17.8 Å². The molecule has 1 rings (SSSR count). The molecule has 5 heteroatoms. The summed E-state index contributed by atoms with van der Waals surface area (Å²) < 4.78 is 11.6. The van der Waals surface area contributed by atoms with Gasteiger partial charge in [-0.2, -0.15) is 0 Å². The van der Waals surface area contributed by atoms with Crippen molar-refractivity contribution in [1.82, 2.24) is 4.90 Å². The molecule has 1 N–H and O–H groups in total. The van der Waals surface area contributed by atoms with E-state index in [1.54, 1.807) is 6.92 Å². The van der Waals surface area contributed by atoms with Gasteiger partial charge in [0.15, 0.2) is 12.1 Å². The summed E-state index contributed by atoms with van der Waals surface area (Å²) >= 11 is 0. The first-order chi connectivity index (χ1) is 13.1. The van der Waals surface area contributed by atoms with Crippen LogP contribution < -0.4 is 4.74 Å². The van der Waals surface area contributed by atoms with Crippen LogP contribution in [0.2, 0.25) is 0 Å². The minimum absolute atomic E-state index is 0.0221. The number of ketones is 1. The molecule has 0 aromatic heterocycles. The van der Waals surface area contributed by atoms with Gasteiger partial charge in [0.05, 0.1) is 0 Å². The highest BCUT2D eigenvalue weighted by atomic mass is 16.7. The topological polar surface area (TPSA) is 62.6 Å². The normalized spacial score (nSPS) is 12.9. The average Bonchev–Trinajstić information content (AvgIpc) is 2.60. The summed E-state index contributed by atoms with van der Waals surface area (Å²) in [6.07, 6.45) is 2.96. The van der Waals surface area contributed by atoms with Crippen LogP contribution in [0.3, 0.4) is 0 Å². The van der Waals surface area contributed by atoms with Gasteiger partial charge in [-0.3, -0.25) is 9.69 Å². The largest absolute Gasteiger partial charge is 0.464 e. The number of carbonyl (C=O) groups excluding carboxylic acids is 1. The Morgan fingerprint density at radius 3 is 2.29 bits per heavy atom. The summed E-state index contributed by atoms with van der Waals surface area (Å²) in [6, 6.07) is 4.21. The molecule has 28 heavy (non-hydrogen) atoms. The predicted octanol–water partition coefficient (Wildman–Crippen LogP) is 4.93. The number of Topliss-reactive ketones (excluding diaryl/α,β-unsaturated/α-hetero) is 1. The van der Waals surface area contributed by atoms with Crippen molar-refractivity contribution in [2.24, 2.45) is 0 Å². The maximum Gasteiger partial charge on any atom is 0.197 e. The van der Waals surface area contributed by atoms with Gasteiger partial charge in [-0.1, -0.05) is 40.7 Å². The van der Waals surface area contributed by atoms with Crippen LogP contribution in [-0.2, 0) is 21.5 Å². The number of hydrogen-bond acceptors (Lipinski definition) is 5. The fourth-order valence-electron chi connectivity index (χ4n) is 3.09. The van der Waals surface area contributed by atoms with Crippen molar-refractivity contribution >= 4 is 12.0 Å². The molecule has 0 aliphatic rings. The summed E-state index contributed by atoms with van der Waals surface area (Å²) in [7, 11) is 0. The van der Waals surface area contributed by atoms with Crippen LogP contribution in [0.15, 0.2) is 12.1 Å². The van der Waals surface area contributed by atoms with Gasteiger partial charge >= 0.3 is 0 Å². The number of nitrogens with one attached hydrogen (secondary N) is 1. The number of carbonyl (C=O) groups is 1. The molecule has 0 aliphatic carbocycles. The van der Waals surface area contributed by atoms with Crippen LogP contribution in [-0.4, -0.2) is 42.9 Å². The highest BCUT2D eigenvalue weighted by Crippen LogP contribution is 2.33. The van der Waals surface area contributed by atoms with Gasteiger partial charge in [-0.05, 0) is 56.8 Å². The Bertz CT molecular complexity index is 644. The predicted molar refractivity (Wildman–Crippen MR) is 116 cm³/mol. The first-order valence-corrected chi connectivity index (χ1v) is 10.3. The Morgan fingerprint density at radius 2 is 1.82 bits per heavy atom. The fraction of sp³-hybridized carbons (Fsp3) is 0.652. The third-order valence-electron chi connectivity index (χ3n) is 4.49. The fourth-order valence-corrected chi connectivity index (χ4v) is 3.09. The Kier molecular flexibility index (Phi) is 9.83. The summed E-state index contributed by atoms with van der Waals surface area (Å²) in [5.41, 5.74) is 2.96. The zero-order valence-corrected chi connectivity index (χ0v) is 18.7. The number of benzene rings is 1. The lowest BCUT2D eigenvalue weighted by atomic mass is 9.84. The van der Waals surface area contributed by atoms with Gasteiger partial charge < -0.3 is 14.9 Å². The Morgan fingerprint density at radius 1 is 1.21 bits per heavy atom. The lowest BCUT2D eigenvalue weighted by Gasteiger charge is -2.28. The lowest BCUT2D eigenvalue weighted by Crippen LogP contribution is -2.27. The molecule has 0 bridgehead atoms. The monoisotopic (exact) mass is 390 g/mol. The van der Waals surface area contributed by atoms with E-state index in [0.717, 1.165) is 43.6 Å². The molecule has 0 saturated carbocycles. The van der Waals surface area contributed by atoms with Crippen LogP contribution in [0.4, 0.5) is 0 Å². The quantitative estimate of drug-likeness (QED) is 0.406. The summed E-state index contributed by atoms with van der Waals surface area (Å²) in [6.45, 7) is 17.0. The molecular weight excluding hydrogens is 352 g/mol. The van der Waals surface area contributed by atoms with Gasteiger partial charge in [0, 0.05) is 23.9 Å². The second-order valence-electron chi connectivity index (χ2n) is 8.42. The van der Waals surface area contributed by atoms with Gasteiger partial charge in [0.1, 0.15) is 12.4 Å². The zero-order chi connectivity index (χ0) is 21.3. The maximum atomic E-state index is 11.2. The Balaban J connectivity index is 3.31. The van der Waals surface area contributed by atoms with Crippen molar-refractivity contribution in [3.63, 3.8) is 0 Å².